The van der Waals surface area contributed by atoms with Gasteiger partial charge in [-0.3, -0.25) is 4.79 Å². The van der Waals surface area contributed by atoms with Crippen LogP contribution in [0.5, 0.6) is 0 Å². The predicted octanol–water partition coefficient (Wildman–Crippen LogP) is -1.43. The van der Waals surface area contributed by atoms with Crippen molar-refractivity contribution in [2.24, 2.45) is 5.73 Å². The molecule has 0 aromatic carbocycles. The summed E-state index contributed by atoms with van der Waals surface area (Å²) >= 11 is 0. The first kappa shape index (κ1) is 24.7. The minimum Gasteiger partial charge on any atom is -0.480 e. The van der Waals surface area contributed by atoms with Gasteiger partial charge in [-0.05, 0) is 6.42 Å². The largest absolute Gasteiger partial charge is 0.480 e. The number of aliphatic hydroxyl groups excluding tert-OH is 2. The molecular weight excluding hydrogens is 310 g/mol. The van der Waals surface area contributed by atoms with Crippen molar-refractivity contribution in [2.45, 2.75) is 25.8 Å². The van der Waals surface area contributed by atoms with Crippen LogP contribution in [0.25, 0.3) is 0 Å². The van der Waals surface area contributed by atoms with Gasteiger partial charge in [-0.15, -0.1) is 20.2 Å². The molecule has 0 aliphatic rings. The highest BCUT2D eigenvalue weighted by Gasteiger charge is 2.07. The monoisotopic (exact) mass is 331 g/mol. The highest BCUT2D eigenvalue weighted by molar-refractivity contribution is 5.72. The zero-order valence-electron chi connectivity index (χ0n) is 12.0. The number of hydrogen-bond acceptors (Lipinski definition) is 10. The first-order valence-corrected chi connectivity index (χ1v) is 5.97. The van der Waals surface area contributed by atoms with E-state index in [0.29, 0.717) is 6.42 Å². The molecule has 0 amide bonds. The van der Waals surface area contributed by atoms with E-state index in [9.17, 15) is 25.0 Å². The Hall–Kier alpha value is -2.25. The Morgan fingerprint density at radius 2 is 1.50 bits per heavy atom. The molecule has 22 heavy (non-hydrogen) atoms. The average molecular weight is 331 g/mol. The van der Waals surface area contributed by atoms with Crippen molar-refractivity contribution in [3.8, 4) is 0 Å². The molecule has 0 fully saturated rings. The summed E-state index contributed by atoms with van der Waals surface area (Å²) in [5.74, 6) is -0.910. The lowest BCUT2D eigenvalue weighted by Crippen LogP contribution is -2.29. The van der Waals surface area contributed by atoms with Crippen molar-refractivity contribution in [3.63, 3.8) is 0 Å². The fraction of sp³-hybridized carbons (Fsp3) is 0.889. The van der Waals surface area contributed by atoms with Gasteiger partial charge in [-0.2, -0.15) is 0 Å². The molecule has 13 heteroatoms. The summed E-state index contributed by atoms with van der Waals surface area (Å²) < 4.78 is 0. The molecule has 1 atom stereocenters. The summed E-state index contributed by atoms with van der Waals surface area (Å²) in [4.78, 5) is 36.1. The van der Waals surface area contributed by atoms with Crippen molar-refractivity contribution >= 4 is 5.97 Å². The van der Waals surface area contributed by atoms with Crippen molar-refractivity contribution < 1.29 is 40.0 Å². The summed E-state index contributed by atoms with van der Waals surface area (Å²) in [7, 11) is 0. The third-order valence-corrected chi connectivity index (χ3v) is 1.49. The second-order valence-electron chi connectivity index (χ2n) is 3.29. The third-order valence-electron chi connectivity index (χ3n) is 1.49. The third kappa shape index (κ3) is 30.6. The van der Waals surface area contributed by atoms with Gasteiger partial charge in [0.2, 0.25) is 0 Å². The molecule has 132 valence electrons. The number of carboxylic acid groups (broad SMARTS) is 1. The van der Waals surface area contributed by atoms with Crippen LogP contribution in [0.2, 0.25) is 0 Å². The average Bonchev–Trinajstić information content (AvgIpc) is 2.44. The minimum atomic E-state index is -1.05. The van der Waals surface area contributed by atoms with Gasteiger partial charge in [0, 0.05) is 0 Å². The Balaban J connectivity index is -0.000000269. The lowest BCUT2D eigenvalue weighted by atomic mass is 10.2. The second kappa shape index (κ2) is 18.8. The van der Waals surface area contributed by atoms with Crippen molar-refractivity contribution in [1.29, 1.82) is 0 Å². The summed E-state index contributed by atoms with van der Waals surface area (Å²) in [6, 6.07) is -0.667. The van der Waals surface area contributed by atoms with Crippen LogP contribution < -0.4 is 5.73 Å². The molecule has 1 unspecified atom stereocenters. The lowest BCUT2D eigenvalue weighted by molar-refractivity contribution is -0.780. The van der Waals surface area contributed by atoms with E-state index in [1.54, 1.807) is 0 Å². The van der Waals surface area contributed by atoms with E-state index in [4.69, 9.17) is 21.1 Å². The fourth-order valence-electron chi connectivity index (χ4n) is 0.658. The molecule has 13 nitrogen and oxygen atoms in total. The summed E-state index contributed by atoms with van der Waals surface area (Å²) in [6.07, 6.45) is 1.39. The van der Waals surface area contributed by atoms with Crippen molar-refractivity contribution in [1.82, 2.24) is 0 Å². The van der Waals surface area contributed by atoms with Crippen LogP contribution in [0.4, 0.5) is 0 Å². The van der Waals surface area contributed by atoms with Gasteiger partial charge in [-0.1, -0.05) is 13.3 Å². The van der Waals surface area contributed by atoms with Crippen LogP contribution in [0.15, 0.2) is 0 Å². The molecule has 0 spiro atoms. The van der Waals surface area contributed by atoms with Crippen LogP contribution in [0, 0.1) is 20.2 Å². The Morgan fingerprint density at radius 1 is 1.14 bits per heavy atom. The normalized spacial score (nSPS) is 10.0. The predicted molar refractivity (Wildman–Crippen MR) is 70.6 cm³/mol. The van der Waals surface area contributed by atoms with Gasteiger partial charge in [-0.25, -0.2) is 0 Å². The highest BCUT2D eigenvalue weighted by atomic mass is 17.0. The van der Waals surface area contributed by atoms with E-state index in [1.807, 2.05) is 6.92 Å². The van der Waals surface area contributed by atoms with E-state index in [2.05, 4.69) is 9.68 Å². The molecular formula is C9H21N3O10. The van der Waals surface area contributed by atoms with Crippen molar-refractivity contribution in [3.05, 3.63) is 20.2 Å². The highest BCUT2D eigenvalue weighted by Crippen LogP contribution is 1.91. The topological polar surface area (TPSA) is 209 Å². The summed E-state index contributed by atoms with van der Waals surface area (Å²) in [5.41, 5.74) is 5.13. The van der Waals surface area contributed by atoms with Crippen LogP contribution in [-0.4, -0.2) is 63.9 Å². The number of aliphatic carboxylic acids is 1. The molecule has 0 aliphatic heterocycles. The van der Waals surface area contributed by atoms with Gasteiger partial charge in [0.1, 0.15) is 19.3 Å². The number of nitrogens with zero attached hydrogens (tertiary/aromatic N) is 2. The fourth-order valence-corrected chi connectivity index (χ4v) is 0.658. The van der Waals surface area contributed by atoms with Crippen LogP contribution in [-0.2, 0) is 14.5 Å². The van der Waals surface area contributed by atoms with E-state index >= 15 is 0 Å². The van der Waals surface area contributed by atoms with Gasteiger partial charge < -0.3 is 30.7 Å². The Bertz CT molecular complexity index is 283. The summed E-state index contributed by atoms with van der Waals surface area (Å²) in [6.45, 7) is 0.782. The first-order chi connectivity index (χ1) is 10.2. The van der Waals surface area contributed by atoms with Crippen molar-refractivity contribution in [2.75, 3.05) is 26.4 Å². The maximum absolute atomic E-state index is 9.96. The molecule has 0 aromatic rings. The number of carboxylic acids is 1. The quantitative estimate of drug-likeness (QED) is 0.218. The first-order valence-electron chi connectivity index (χ1n) is 5.97. The van der Waals surface area contributed by atoms with Gasteiger partial charge in [0.25, 0.3) is 10.2 Å². The number of aliphatic hydroxyl groups is 2. The molecule has 0 aliphatic carbocycles. The number of rotatable bonds is 9. The molecule has 0 saturated carbocycles. The second-order valence-corrected chi connectivity index (χ2v) is 3.29. The Kier molecular flexibility index (Phi) is 21.1. The lowest BCUT2D eigenvalue weighted by Gasteiger charge is -2.00. The molecule has 0 rings (SSSR count). The SMILES string of the molecule is CCCC(N)C(=O)O.O=[N+]([O-])OCCO[N+](=O)[O-].OCCO. The Morgan fingerprint density at radius 3 is 1.64 bits per heavy atom. The van der Waals surface area contributed by atoms with E-state index < -0.39 is 35.4 Å². The molecule has 5 N–H and O–H groups in total. The van der Waals surface area contributed by atoms with Gasteiger partial charge >= 0.3 is 5.97 Å². The zero-order valence-corrected chi connectivity index (χ0v) is 12.0. The smallest absolute Gasteiger partial charge is 0.320 e. The maximum atomic E-state index is 9.96. The van der Waals surface area contributed by atoms with E-state index in [0.717, 1.165) is 6.42 Å². The number of hydrogen-bond donors (Lipinski definition) is 4. The van der Waals surface area contributed by atoms with E-state index in [-0.39, 0.29) is 13.2 Å². The summed E-state index contributed by atoms with van der Waals surface area (Å²) in [5, 5.41) is 40.1. The molecule has 0 bridgehead atoms. The van der Waals surface area contributed by atoms with Crippen LogP contribution >= 0.6 is 0 Å². The van der Waals surface area contributed by atoms with Crippen LogP contribution in [0.3, 0.4) is 0 Å². The van der Waals surface area contributed by atoms with Gasteiger partial charge in [0.05, 0.1) is 13.2 Å². The van der Waals surface area contributed by atoms with Gasteiger partial charge in [0.15, 0.2) is 0 Å². The molecule has 0 radical (unpaired) electrons. The van der Waals surface area contributed by atoms with Crippen LogP contribution in [0.1, 0.15) is 19.8 Å². The maximum Gasteiger partial charge on any atom is 0.320 e. The standard InChI is InChI=1S/C5H11NO2.C2H4N2O6.C2H6O2/c1-2-3-4(6)5(7)8;5-3(6)9-1-2-10-4(7)8;3-1-2-4/h4H,2-3,6H2,1H3,(H,7,8);1-2H2;3-4H,1-2H2. The number of carbonyl (C=O) groups is 1. The zero-order chi connectivity index (χ0) is 18.0. The molecule has 0 saturated heterocycles. The minimum absolute atomic E-state index is 0.125. The Labute approximate surface area is 125 Å². The molecule has 0 heterocycles. The molecule has 0 aromatic heterocycles. The van der Waals surface area contributed by atoms with E-state index in [1.165, 1.54) is 0 Å². The number of nitrogens with two attached hydrogens (primary N) is 1.